The van der Waals surface area contributed by atoms with Crippen molar-refractivity contribution in [3.8, 4) is 10.4 Å². The van der Waals surface area contributed by atoms with E-state index in [1.807, 2.05) is 42.5 Å². The van der Waals surface area contributed by atoms with Crippen molar-refractivity contribution < 1.29 is 14.3 Å². The molecule has 1 fully saturated rings. The minimum Gasteiger partial charge on any atom is -0.430 e. The van der Waals surface area contributed by atoms with Crippen LogP contribution in [-0.2, 0) is 9.53 Å². The van der Waals surface area contributed by atoms with Crippen LogP contribution in [0.3, 0.4) is 0 Å². The second kappa shape index (κ2) is 4.27. The van der Waals surface area contributed by atoms with Crippen molar-refractivity contribution >= 4 is 23.3 Å². The predicted octanol–water partition coefficient (Wildman–Crippen LogP) is 2.72. The molecule has 0 radical (unpaired) electrons. The van der Waals surface area contributed by atoms with Gasteiger partial charge in [-0.3, -0.25) is 10.1 Å². The third kappa shape index (κ3) is 1.89. The summed E-state index contributed by atoms with van der Waals surface area (Å²) in [6.45, 7) is 0. The van der Waals surface area contributed by atoms with Crippen LogP contribution in [0.1, 0.15) is 11.0 Å². The van der Waals surface area contributed by atoms with Crippen molar-refractivity contribution in [2.24, 2.45) is 0 Å². The van der Waals surface area contributed by atoms with E-state index >= 15 is 0 Å². The fraction of sp³-hybridized carbons (Fsp3) is 0.0769. The molecule has 0 saturated carbocycles. The van der Waals surface area contributed by atoms with Crippen LogP contribution >= 0.6 is 11.3 Å². The molecule has 1 aromatic carbocycles. The lowest BCUT2D eigenvalue weighted by atomic mass is 10.2. The van der Waals surface area contributed by atoms with Gasteiger partial charge in [-0.15, -0.1) is 11.3 Å². The summed E-state index contributed by atoms with van der Waals surface area (Å²) in [5.41, 5.74) is 1.08. The molecule has 1 atom stereocenters. The molecule has 1 aromatic heterocycles. The van der Waals surface area contributed by atoms with Crippen LogP contribution in [-0.4, -0.2) is 12.0 Å². The van der Waals surface area contributed by atoms with Crippen molar-refractivity contribution in [3.63, 3.8) is 0 Å². The third-order valence-corrected chi connectivity index (χ3v) is 3.81. The Morgan fingerprint density at radius 3 is 2.50 bits per heavy atom. The topological polar surface area (TPSA) is 55.4 Å². The van der Waals surface area contributed by atoms with E-state index in [9.17, 15) is 9.59 Å². The van der Waals surface area contributed by atoms with E-state index in [2.05, 4.69) is 5.32 Å². The Bertz CT molecular complexity index is 606. The van der Waals surface area contributed by atoms with E-state index in [1.54, 1.807) is 0 Å². The van der Waals surface area contributed by atoms with E-state index < -0.39 is 18.1 Å². The van der Waals surface area contributed by atoms with Crippen LogP contribution in [0.4, 0.5) is 4.79 Å². The highest BCUT2D eigenvalue weighted by atomic mass is 32.1. The molecule has 2 amide bonds. The number of amides is 2. The highest BCUT2D eigenvalue weighted by Gasteiger charge is 2.34. The van der Waals surface area contributed by atoms with Gasteiger partial charge >= 0.3 is 6.09 Å². The number of hydrogen-bond donors (Lipinski definition) is 1. The maximum Gasteiger partial charge on any atom is 0.415 e. The molecule has 1 unspecified atom stereocenters. The summed E-state index contributed by atoms with van der Waals surface area (Å²) >= 11 is 1.45. The molecule has 0 aliphatic carbocycles. The number of nitrogens with one attached hydrogen (secondary N) is 1. The van der Waals surface area contributed by atoms with E-state index in [1.165, 1.54) is 11.3 Å². The third-order valence-electron chi connectivity index (χ3n) is 2.63. The Kier molecular flexibility index (Phi) is 2.60. The number of alkyl carbamates (subject to hydrolysis) is 1. The number of cyclic esters (lactones) is 1. The van der Waals surface area contributed by atoms with Crippen molar-refractivity contribution in [2.75, 3.05) is 0 Å². The summed E-state index contributed by atoms with van der Waals surface area (Å²) < 4.78 is 4.92. The van der Waals surface area contributed by atoms with Crippen LogP contribution in [0.25, 0.3) is 10.4 Å². The SMILES string of the molecule is O=C1NC(=O)C(c2ccc(-c3ccccc3)s2)O1. The lowest BCUT2D eigenvalue weighted by Crippen LogP contribution is -2.20. The van der Waals surface area contributed by atoms with Crippen molar-refractivity contribution in [2.45, 2.75) is 6.10 Å². The van der Waals surface area contributed by atoms with E-state index in [0.29, 0.717) is 0 Å². The smallest absolute Gasteiger partial charge is 0.415 e. The average Bonchev–Trinajstić information content (AvgIpc) is 2.97. The number of rotatable bonds is 2. The Morgan fingerprint density at radius 1 is 1.06 bits per heavy atom. The van der Waals surface area contributed by atoms with Gasteiger partial charge in [-0.1, -0.05) is 30.3 Å². The van der Waals surface area contributed by atoms with Crippen LogP contribution in [0.2, 0.25) is 0 Å². The van der Waals surface area contributed by atoms with Crippen LogP contribution in [0.5, 0.6) is 0 Å². The van der Waals surface area contributed by atoms with Gasteiger partial charge in [0.2, 0.25) is 6.10 Å². The van der Waals surface area contributed by atoms with E-state index in [-0.39, 0.29) is 0 Å². The van der Waals surface area contributed by atoms with Gasteiger partial charge in [0.15, 0.2) is 0 Å². The zero-order valence-electron chi connectivity index (χ0n) is 9.25. The molecule has 5 heteroatoms. The number of carbonyl (C=O) groups excluding carboxylic acids is 2. The number of imide groups is 1. The molecule has 2 heterocycles. The first-order valence-electron chi connectivity index (χ1n) is 5.41. The van der Waals surface area contributed by atoms with E-state index in [4.69, 9.17) is 4.74 Å². The molecule has 1 saturated heterocycles. The number of benzene rings is 1. The maximum atomic E-state index is 11.5. The minimum atomic E-state index is -0.806. The normalized spacial score (nSPS) is 18.6. The molecule has 3 rings (SSSR count). The van der Waals surface area contributed by atoms with Gasteiger partial charge in [0, 0.05) is 4.88 Å². The highest BCUT2D eigenvalue weighted by molar-refractivity contribution is 7.15. The molecule has 0 spiro atoms. The molecule has 90 valence electrons. The monoisotopic (exact) mass is 259 g/mol. The second-order valence-electron chi connectivity index (χ2n) is 3.84. The van der Waals surface area contributed by atoms with Gasteiger partial charge in [-0.2, -0.15) is 0 Å². The molecule has 1 aliphatic rings. The molecule has 2 aromatic rings. The number of ether oxygens (including phenoxy) is 1. The molecule has 1 aliphatic heterocycles. The van der Waals surface area contributed by atoms with Gasteiger partial charge in [0.1, 0.15) is 0 Å². The van der Waals surface area contributed by atoms with Gasteiger partial charge in [0.05, 0.1) is 4.88 Å². The van der Waals surface area contributed by atoms with E-state index in [0.717, 1.165) is 15.3 Å². The first-order chi connectivity index (χ1) is 8.74. The number of hydrogen-bond acceptors (Lipinski definition) is 4. The Balaban J connectivity index is 1.91. The van der Waals surface area contributed by atoms with Gasteiger partial charge in [0.25, 0.3) is 5.91 Å². The predicted molar refractivity (Wildman–Crippen MR) is 67.1 cm³/mol. The van der Waals surface area contributed by atoms with Gasteiger partial charge in [-0.05, 0) is 17.7 Å². The molecule has 0 bridgehead atoms. The van der Waals surface area contributed by atoms with Crippen LogP contribution in [0, 0.1) is 0 Å². The highest BCUT2D eigenvalue weighted by Crippen LogP contribution is 2.34. The quantitative estimate of drug-likeness (QED) is 0.902. The van der Waals surface area contributed by atoms with Crippen LogP contribution < -0.4 is 5.32 Å². The fourth-order valence-electron chi connectivity index (χ4n) is 1.79. The molecule has 4 nitrogen and oxygen atoms in total. The Morgan fingerprint density at radius 2 is 1.83 bits per heavy atom. The number of carbonyl (C=O) groups is 2. The molecule has 18 heavy (non-hydrogen) atoms. The minimum absolute atomic E-state index is 0.401. The summed E-state index contributed by atoms with van der Waals surface area (Å²) in [7, 11) is 0. The molecular formula is C13H9NO3S. The average molecular weight is 259 g/mol. The summed E-state index contributed by atoms with van der Waals surface area (Å²) in [4.78, 5) is 24.2. The lowest BCUT2D eigenvalue weighted by Gasteiger charge is -2.01. The van der Waals surface area contributed by atoms with Gasteiger partial charge < -0.3 is 4.74 Å². The first kappa shape index (κ1) is 11.0. The fourth-order valence-corrected chi connectivity index (χ4v) is 2.84. The van der Waals surface area contributed by atoms with Gasteiger partial charge in [-0.25, -0.2) is 4.79 Å². The maximum absolute atomic E-state index is 11.5. The summed E-state index contributed by atoms with van der Waals surface area (Å²) in [5.74, 6) is -0.401. The lowest BCUT2D eigenvalue weighted by molar-refractivity contribution is -0.123. The zero-order valence-corrected chi connectivity index (χ0v) is 10.1. The number of thiophene rings is 1. The summed E-state index contributed by atoms with van der Waals surface area (Å²) in [5, 5.41) is 2.12. The zero-order chi connectivity index (χ0) is 12.5. The Hall–Kier alpha value is -2.14. The van der Waals surface area contributed by atoms with Crippen LogP contribution in [0.15, 0.2) is 42.5 Å². The largest absolute Gasteiger partial charge is 0.430 e. The second-order valence-corrected chi connectivity index (χ2v) is 4.96. The standard InChI is InChI=1S/C13H9NO3S/c15-12-11(17-13(16)14-12)10-7-6-9(18-10)8-4-2-1-3-5-8/h1-7,11H,(H,14,15,16). The van der Waals surface area contributed by atoms with Crippen molar-refractivity contribution in [1.82, 2.24) is 5.32 Å². The van der Waals surface area contributed by atoms with Crippen molar-refractivity contribution in [1.29, 1.82) is 0 Å². The molecular weight excluding hydrogens is 250 g/mol. The Labute approximate surface area is 107 Å². The van der Waals surface area contributed by atoms with Crippen molar-refractivity contribution in [3.05, 3.63) is 47.3 Å². The molecule has 1 N–H and O–H groups in total. The summed E-state index contributed by atoms with van der Waals surface area (Å²) in [6.07, 6.45) is -1.49. The first-order valence-corrected chi connectivity index (χ1v) is 6.22. The summed E-state index contributed by atoms with van der Waals surface area (Å²) in [6, 6.07) is 13.6.